The summed E-state index contributed by atoms with van der Waals surface area (Å²) >= 11 is 2.03. The maximum absolute atomic E-state index is 10.3. The summed E-state index contributed by atoms with van der Waals surface area (Å²) in [6.45, 7) is 4.98. The molecule has 0 aromatic heterocycles. The molecule has 16 heavy (non-hydrogen) atoms. The first-order valence-electron chi connectivity index (χ1n) is 6.58. The molecule has 1 rings (SSSR count). The number of rotatable bonds is 7. The van der Waals surface area contributed by atoms with Crippen LogP contribution in [-0.2, 0) is 0 Å². The molecular formula is C13H27NOS. The Hall–Kier alpha value is 0.270. The van der Waals surface area contributed by atoms with E-state index in [1.807, 2.05) is 11.8 Å². The lowest BCUT2D eigenvalue weighted by Gasteiger charge is -2.28. The number of aliphatic hydroxyl groups is 1. The van der Waals surface area contributed by atoms with Crippen molar-refractivity contribution in [3.63, 3.8) is 0 Å². The highest BCUT2D eigenvalue weighted by Crippen LogP contribution is 2.37. The minimum absolute atomic E-state index is 0.439. The third-order valence-electron chi connectivity index (χ3n) is 3.73. The Morgan fingerprint density at radius 3 is 2.81 bits per heavy atom. The van der Waals surface area contributed by atoms with Gasteiger partial charge in [0.05, 0.1) is 5.60 Å². The molecule has 0 aromatic rings. The van der Waals surface area contributed by atoms with Crippen LogP contribution in [0.2, 0.25) is 0 Å². The van der Waals surface area contributed by atoms with Gasteiger partial charge in [0.1, 0.15) is 0 Å². The summed E-state index contributed by atoms with van der Waals surface area (Å²) in [5.74, 6) is 3.69. The topological polar surface area (TPSA) is 46.2 Å². The molecule has 3 heteroatoms. The number of hydrogen-bond donors (Lipinski definition) is 2. The number of thioether (sulfide) groups is 1. The highest BCUT2D eigenvalue weighted by atomic mass is 32.2. The normalized spacial score (nSPS) is 30.2. The van der Waals surface area contributed by atoms with Crippen LogP contribution in [-0.4, -0.2) is 28.8 Å². The summed E-state index contributed by atoms with van der Waals surface area (Å²) in [6, 6.07) is 0. The van der Waals surface area contributed by atoms with Gasteiger partial charge in [-0.1, -0.05) is 20.3 Å². The summed E-state index contributed by atoms with van der Waals surface area (Å²) in [6.07, 6.45) is 5.66. The van der Waals surface area contributed by atoms with Crippen molar-refractivity contribution in [2.45, 2.75) is 51.6 Å². The molecule has 1 aliphatic carbocycles. The van der Waals surface area contributed by atoms with Crippen molar-refractivity contribution in [1.29, 1.82) is 0 Å². The largest absolute Gasteiger partial charge is 0.388 e. The second-order valence-corrected chi connectivity index (χ2v) is 6.71. The maximum Gasteiger partial charge on any atom is 0.0797 e. The minimum atomic E-state index is -0.543. The highest BCUT2D eigenvalue weighted by Gasteiger charge is 2.39. The minimum Gasteiger partial charge on any atom is -0.388 e. The average Bonchev–Trinajstić information content (AvgIpc) is 2.60. The molecule has 2 atom stereocenters. The molecule has 0 heterocycles. The van der Waals surface area contributed by atoms with Crippen LogP contribution in [0.3, 0.4) is 0 Å². The van der Waals surface area contributed by atoms with E-state index in [1.54, 1.807) is 0 Å². The molecule has 96 valence electrons. The fourth-order valence-electron chi connectivity index (χ4n) is 2.46. The predicted molar refractivity (Wildman–Crippen MR) is 72.7 cm³/mol. The van der Waals surface area contributed by atoms with E-state index in [1.165, 1.54) is 24.3 Å². The molecule has 1 fully saturated rings. The summed E-state index contributed by atoms with van der Waals surface area (Å²) in [5, 5.41) is 10.3. The second-order valence-electron chi connectivity index (χ2n) is 5.48. The van der Waals surface area contributed by atoms with E-state index >= 15 is 0 Å². The molecule has 0 spiro atoms. The van der Waals surface area contributed by atoms with Gasteiger partial charge in [0.25, 0.3) is 0 Å². The van der Waals surface area contributed by atoms with Crippen molar-refractivity contribution in [3.05, 3.63) is 0 Å². The first kappa shape index (κ1) is 14.3. The molecule has 0 bridgehead atoms. The van der Waals surface area contributed by atoms with Gasteiger partial charge in [0, 0.05) is 6.54 Å². The third kappa shape index (κ3) is 4.27. The third-order valence-corrected chi connectivity index (χ3v) is 4.77. The van der Waals surface area contributed by atoms with Crippen LogP contribution in [0.25, 0.3) is 0 Å². The molecule has 3 N–H and O–H groups in total. The van der Waals surface area contributed by atoms with Crippen molar-refractivity contribution in [2.75, 3.05) is 18.1 Å². The Bertz CT molecular complexity index is 198. The first-order chi connectivity index (χ1) is 7.58. The van der Waals surface area contributed by atoms with Gasteiger partial charge in [-0.3, -0.25) is 0 Å². The standard InChI is InChI=1S/C13H27NOS/c1-11(2)5-8-16-9-6-12-4-3-7-13(12,15)10-14/h11-12,15H,3-10,14H2,1-2H3. The van der Waals surface area contributed by atoms with Gasteiger partial charge in [-0.15, -0.1) is 0 Å². The van der Waals surface area contributed by atoms with Gasteiger partial charge >= 0.3 is 0 Å². The van der Waals surface area contributed by atoms with Gasteiger partial charge in [-0.25, -0.2) is 0 Å². The van der Waals surface area contributed by atoms with Gasteiger partial charge in [-0.2, -0.15) is 11.8 Å². The molecule has 1 saturated carbocycles. The lowest BCUT2D eigenvalue weighted by Crippen LogP contribution is -2.41. The molecule has 0 radical (unpaired) electrons. The van der Waals surface area contributed by atoms with E-state index in [2.05, 4.69) is 13.8 Å². The summed E-state index contributed by atoms with van der Waals surface area (Å²) in [4.78, 5) is 0. The fourth-order valence-corrected chi connectivity index (χ4v) is 3.75. The van der Waals surface area contributed by atoms with Crippen LogP contribution < -0.4 is 5.73 Å². The molecule has 0 amide bonds. The molecule has 2 nitrogen and oxygen atoms in total. The van der Waals surface area contributed by atoms with Crippen LogP contribution in [0.4, 0.5) is 0 Å². The van der Waals surface area contributed by atoms with E-state index in [-0.39, 0.29) is 0 Å². The Kier molecular flexibility index (Phi) is 6.16. The van der Waals surface area contributed by atoms with Crippen LogP contribution in [0.1, 0.15) is 46.0 Å². The molecule has 2 unspecified atom stereocenters. The Balaban J connectivity index is 2.13. The van der Waals surface area contributed by atoms with Gasteiger partial charge in [-0.05, 0) is 49.0 Å². The van der Waals surface area contributed by atoms with Crippen molar-refractivity contribution in [1.82, 2.24) is 0 Å². The van der Waals surface area contributed by atoms with Gasteiger partial charge in [0.15, 0.2) is 0 Å². The molecule has 0 aliphatic heterocycles. The summed E-state index contributed by atoms with van der Waals surface area (Å²) in [7, 11) is 0. The summed E-state index contributed by atoms with van der Waals surface area (Å²) in [5.41, 5.74) is 5.13. The lowest BCUT2D eigenvalue weighted by molar-refractivity contribution is 0.0104. The zero-order chi connectivity index (χ0) is 12.0. The highest BCUT2D eigenvalue weighted by molar-refractivity contribution is 7.99. The smallest absolute Gasteiger partial charge is 0.0797 e. The van der Waals surface area contributed by atoms with Crippen LogP contribution in [0, 0.1) is 11.8 Å². The van der Waals surface area contributed by atoms with Crippen molar-refractivity contribution >= 4 is 11.8 Å². The van der Waals surface area contributed by atoms with Crippen molar-refractivity contribution in [3.8, 4) is 0 Å². The van der Waals surface area contributed by atoms with E-state index < -0.39 is 5.60 Å². The monoisotopic (exact) mass is 245 g/mol. The number of hydrogen-bond acceptors (Lipinski definition) is 3. The Morgan fingerprint density at radius 1 is 1.44 bits per heavy atom. The average molecular weight is 245 g/mol. The Morgan fingerprint density at radius 2 is 2.19 bits per heavy atom. The van der Waals surface area contributed by atoms with Crippen molar-refractivity contribution < 1.29 is 5.11 Å². The van der Waals surface area contributed by atoms with Crippen LogP contribution in [0.5, 0.6) is 0 Å². The Labute approximate surface area is 104 Å². The zero-order valence-corrected chi connectivity index (χ0v) is 11.6. The number of nitrogens with two attached hydrogens (primary N) is 1. The summed E-state index contributed by atoms with van der Waals surface area (Å²) < 4.78 is 0. The molecule has 1 aliphatic rings. The van der Waals surface area contributed by atoms with Gasteiger partial charge < -0.3 is 10.8 Å². The van der Waals surface area contributed by atoms with E-state index in [9.17, 15) is 5.11 Å². The lowest BCUT2D eigenvalue weighted by atomic mass is 9.89. The maximum atomic E-state index is 10.3. The SMILES string of the molecule is CC(C)CCSCCC1CCCC1(O)CN. The van der Waals surface area contributed by atoms with Crippen molar-refractivity contribution in [2.24, 2.45) is 17.6 Å². The molecular weight excluding hydrogens is 218 g/mol. The fraction of sp³-hybridized carbons (Fsp3) is 1.00. The first-order valence-corrected chi connectivity index (χ1v) is 7.74. The van der Waals surface area contributed by atoms with Crippen LogP contribution >= 0.6 is 11.8 Å². The second kappa shape index (κ2) is 6.87. The predicted octanol–water partition coefficient (Wildman–Crippen LogP) is 2.65. The zero-order valence-electron chi connectivity index (χ0n) is 10.7. The van der Waals surface area contributed by atoms with E-state index in [0.29, 0.717) is 12.5 Å². The molecule has 0 aromatic carbocycles. The quantitative estimate of drug-likeness (QED) is 0.678. The van der Waals surface area contributed by atoms with Gasteiger partial charge in [0.2, 0.25) is 0 Å². The van der Waals surface area contributed by atoms with E-state index in [0.717, 1.165) is 25.2 Å². The van der Waals surface area contributed by atoms with Crippen LogP contribution in [0.15, 0.2) is 0 Å². The molecule has 0 saturated heterocycles. The van der Waals surface area contributed by atoms with E-state index in [4.69, 9.17) is 5.73 Å².